The number of hydrogen-bond donors (Lipinski definition) is 3. The number of nitrogens with zero attached hydrogens (tertiary/aromatic N) is 2. The van der Waals surface area contributed by atoms with Gasteiger partial charge in [0.05, 0.1) is 0 Å². The van der Waals surface area contributed by atoms with Gasteiger partial charge in [-0.25, -0.2) is 9.97 Å². The number of hydrogen-bond acceptors (Lipinski definition) is 5. The van der Waals surface area contributed by atoms with E-state index in [1.807, 2.05) is 0 Å². The molecule has 8 heteroatoms. The Balaban J connectivity index is 2.83. The second-order valence-electron chi connectivity index (χ2n) is 3.67. The van der Waals surface area contributed by atoms with Gasteiger partial charge in [-0.15, -0.1) is 0 Å². The molecule has 0 radical (unpaired) electrons. The zero-order valence-corrected chi connectivity index (χ0v) is 9.12. The summed E-state index contributed by atoms with van der Waals surface area (Å²) in [6.45, 7) is 1.96. The first-order valence-corrected chi connectivity index (χ1v) is 4.89. The Hall–Kier alpha value is -1.57. The number of aliphatic hydroxyl groups is 1. The average molecular weight is 250 g/mol. The molecule has 0 saturated heterocycles. The lowest BCUT2D eigenvalue weighted by Crippen LogP contribution is -2.18. The highest BCUT2D eigenvalue weighted by atomic mass is 19.4. The van der Waals surface area contributed by atoms with Gasteiger partial charge < -0.3 is 16.2 Å². The van der Waals surface area contributed by atoms with Crippen molar-refractivity contribution in [3.8, 4) is 0 Å². The van der Waals surface area contributed by atoms with Crippen LogP contribution in [0.1, 0.15) is 12.7 Å². The molecule has 0 spiro atoms. The maximum atomic E-state index is 12.4. The fourth-order valence-electron chi connectivity index (χ4n) is 1.03. The van der Waals surface area contributed by atoms with E-state index >= 15 is 0 Å². The van der Waals surface area contributed by atoms with Crippen molar-refractivity contribution in [2.24, 2.45) is 5.92 Å². The van der Waals surface area contributed by atoms with Gasteiger partial charge in [-0.2, -0.15) is 13.2 Å². The van der Waals surface area contributed by atoms with Crippen LogP contribution in [-0.2, 0) is 6.18 Å². The van der Waals surface area contributed by atoms with E-state index in [1.165, 1.54) is 6.07 Å². The summed E-state index contributed by atoms with van der Waals surface area (Å²) >= 11 is 0. The van der Waals surface area contributed by atoms with Crippen molar-refractivity contribution in [1.29, 1.82) is 0 Å². The predicted octanol–water partition coefficient (Wildman–Crippen LogP) is 1.12. The monoisotopic (exact) mass is 250 g/mol. The number of alkyl halides is 3. The summed E-state index contributed by atoms with van der Waals surface area (Å²) in [5, 5.41) is 11.4. The normalized spacial score (nSPS) is 13.5. The van der Waals surface area contributed by atoms with Crippen molar-refractivity contribution < 1.29 is 18.3 Å². The van der Waals surface area contributed by atoms with Crippen molar-refractivity contribution in [1.82, 2.24) is 9.97 Å². The first-order chi connectivity index (χ1) is 7.82. The van der Waals surface area contributed by atoms with Gasteiger partial charge in [-0.1, -0.05) is 6.92 Å². The summed E-state index contributed by atoms with van der Waals surface area (Å²) in [5.74, 6) is -1.64. The molecule has 0 fully saturated rings. The zero-order chi connectivity index (χ0) is 13.1. The van der Waals surface area contributed by atoms with Gasteiger partial charge in [0.15, 0.2) is 0 Å². The lowest BCUT2D eigenvalue weighted by atomic mass is 10.2. The molecule has 96 valence electrons. The third-order valence-electron chi connectivity index (χ3n) is 1.94. The SMILES string of the molecule is CC(CO)CNc1cc(N)nc(C(F)(F)F)n1. The molecule has 1 heterocycles. The van der Waals surface area contributed by atoms with Gasteiger partial charge in [0.2, 0.25) is 5.82 Å². The number of aliphatic hydroxyl groups excluding tert-OH is 1. The molecule has 1 unspecified atom stereocenters. The number of nitrogens with one attached hydrogen (secondary N) is 1. The number of aromatic nitrogens is 2. The minimum atomic E-state index is -4.63. The second-order valence-corrected chi connectivity index (χ2v) is 3.67. The van der Waals surface area contributed by atoms with E-state index in [0.717, 1.165) is 0 Å². The highest BCUT2D eigenvalue weighted by Gasteiger charge is 2.35. The Labute approximate surface area is 95.9 Å². The van der Waals surface area contributed by atoms with Gasteiger partial charge in [0.1, 0.15) is 11.6 Å². The molecule has 0 saturated carbocycles. The van der Waals surface area contributed by atoms with Crippen LogP contribution in [0.5, 0.6) is 0 Å². The van der Waals surface area contributed by atoms with Gasteiger partial charge >= 0.3 is 6.18 Å². The molecule has 1 aromatic heterocycles. The van der Waals surface area contributed by atoms with Crippen molar-refractivity contribution in [2.75, 3.05) is 24.2 Å². The van der Waals surface area contributed by atoms with Crippen LogP contribution >= 0.6 is 0 Å². The van der Waals surface area contributed by atoms with E-state index in [0.29, 0.717) is 6.54 Å². The van der Waals surface area contributed by atoms with Crippen LogP contribution in [-0.4, -0.2) is 28.2 Å². The largest absolute Gasteiger partial charge is 0.451 e. The molecule has 0 aliphatic carbocycles. The molecule has 17 heavy (non-hydrogen) atoms. The first-order valence-electron chi connectivity index (χ1n) is 4.89. The van der Waals surface area contributed by atoms with Crippen LogP contribution in [0.2, 0.25) is 0 Å². The third kappa shape index (κ3) is 4.06. The molecule has 0 amide bonds. The van der Waals surface area contributed by atoms with Crippen LogP contribution in [0.15, 0.2) is 6.07 Å². The molecular formula is C9H13F3N4O. The van der Waals surface area contributed by atoms with Crippen molar-refractivity contribution in [3.05, 3.63) is 11.9 Å². The van der Waals surface area contributed by atoms with Gasteiger partial charge in [0.25, 0.3) is 0 Å². The van der Waals surface area contributed by atoms with Crippen molar-refractivity contribution in [3.63, 3.8) is 0 Å². The summed E-state index contributed by atoms with van der Waals surface area (Å²) in [4.78, 5) is 6.41. The van der Waals surface area contributed by atoms with E-state index in [2.05, 4.69) is 15.3 Å². The highest BCUT2D eigenvalue weighted by molar-refractivity contribution is 5.44. The standard InChI is InChI=1S/C9H13F3N4O/c1-5(4-17)3-14-7-2-6(13)15-8(16-7)9(10,11)12/h2,5,17H,3-4H2,1H3,(H3,13,14,15,16). The van der Waals surface area contributed by atoms with Crippen molar-refractivity contribution in [2.45, 2.75) is 13.1 Å². The van der Waals surface area contributed by atoms with Gasteiger partial charge in [-0.05, 0) is 5.92 Å². The number of nitrogens with two attached hydrogens (primary N) is 1. The molecule has 0 aliphatic rings. The Morgan fingerprint density at radius 3 is 2.65 bits per heavy atom. The average Bonchev–Trinajstić information content (AvgIpc) is 2.24. The summed E-state index contributed by atoms with van der Waals surface area (Å²) in [6.07, 6.45) is -4.63. The predicted molar refractivity (Wildman–Crippen MR) is 56.2 cm³/mol. The number of halogens is 3. The molecular weight excluding hydrogens is 237 g/mol. The summed E-state index contributed by atoms with van der Waals surface area (Å²) in [7, 11) is 0. The van der Waals surface area contributed by atoms with E-state index in [-0.39, 0.29) is 24.2 Å². The molecule has 1 aromatic rings. The molecule has 1 rings (SSSR count). The lowest BCUT2D eigenvalue weighted by molar-refractivity contribution is -0.144. The lowest BCUT2D eigenvalue weighted by Gasteiger charge is -2.12. The van der Waals surface area contributed by atoms with E-state index < -0.39 is 12.0 Å². The van der Waals surface area contributed by atoms with Crippen LogP contribution in [0.4, 0.5) is 24.8 Å². The summed E-state index contributed by atoms with van der Waals surface area (Å²) < 4.78 is 37.1. The number of nitrogen functional groups attached to an aromatic ring is 1. The van der Waals surface area contributed by atoms with Crippen LogP contribution in [0.25, 0.3) is 0 Å². The number of anilines is 2. The van der Waals surface area contributed by atoms with Crippen LogP contribution < -0.4 is 11.1 Å². The molecule has 0 aliphatic heterocycles. The fraction of sp³-hybridized carbons (Fsp3) is 0.556. The first kappa shape index (κ1) is 13.5. The van der Waals surface area contributed by atoms with E-state index in [9.17, 15) is 13.2 Å². The van der Waals surface area contributed by atoms with Gasteiger partial charge in [0, 0.05) is 19.2 Å². The van der Waals surface area contributed by atoms with E-state index in [1.54, 1.807) is 6.92 Å². The fourth-order valence-corrected chi connectivity index (χ4v) is 1.03. The van der Waals surface area contributed by atoms with Crippen LogP contribution in [0, 0.1) is 5.92 Å². The van der Waals surface area contributed by atoms with Crippen LogP contribution in [0.3, 0.4) is 0 Å². The molecule has 1 atom stereocenters. The highest BCUT2D eigenvalue weighted by Crippen LogP contribution is 2.27. The second kappa shape index (κ2) is 5.17. The summed E-state index contributed by atoms with van der Waals surface area (Å²) in [6, 6.07) is 1.21. The van der Waals surface area contributed by atoms with Crippen molar-refractivity contribution >= 4 is 11.6 Å². The zero-order valence-electron chi connectivity index (χ0n) is 9.12. The topological polar surface area (TPSA) is 84.1 Å². The third-order valence-corrected chi connectivity index (χ3v) is 1.94. The number of rotatable bonds is 4. The Bertz CT molecular complexity index is 383. The molecule has 4 N–H and O–H groups in total. The Morgan fingerprint density at radius 1 is 1.47 bits per heavy atom. The Kier molecular flexibility index (Phi) is 4.11. The maximum Gasteiger partial charge on any atom is 0.451 e. The quantitative estimate of drug-likeness (QED) is 0.745. The molecule has 0 aromatic carbocycles. The summed E-state index contributed by atoms with van der Waals surface area (Å²) in [5.41, 5.74) is 5.25. The van der Waals surface area contributed by atoms with Gasteiger partial charge in [-0.3, -0.25) is 0 Å². The minimum absolute atomic E-state index is 0.00914. The Morgan fingerprint density at radius 2 is 2.12 bits per heavy atom. The van der Waals surface area contributed by atoms with E-state index in [4.69, 9.17) is 10.8 Å². The maximum absolute atomic E-state index is 12.4. The molecule has 5 nitrogen and oxygen atoms in total. The minimum Gasteiger partial charge on any atom is -0.396 e. The smallest absolute Gasteiger partial charge is 0.396 e. The molecule has 0 bridgehead atoms.